The standard InChI is InChI=1S/C21H24FNO5/c1-3-28-21(25)17-13-23(11-14-6-8-27-9-7-14)12-16(20(17)24)15-4-5-19(26-2)18(22)10-15/h4-5,10,12-14H,3,6-9,11H2,1-2H3. The Labute approximate surface area is 162 Å². The summed E-state index contributed by atoms with van der Waals surface area (Å²) in [6, 6.07) is 4.31. The van der Waals surface area contributed by atoms with Crippen molar-refractivity contribution >= 4 is 5.97 Å². The number of benzene rings is 1. The smallest absolute Gasteiger partial charge is 0.343 e. The highest BCUT2D eigenvalue weighted by atomic mass is 19.1. The van der Waals surface area contributed by atoms with Crippen LogP contribution in [0.1, 0.15) is 30.1 Å². The third kappa shape index (κ3) is 4.42. The number of methoxy groups -OCH3 is 1. The molecule has 0 unspecified atom stereocenters. The maximum absolute atomic E-state index is 14.2. The number of aromatic nitrogens is 1. The Bertz CT molecular complexity index is 902. The maximum atomic E-state index is 14.2. The lowest BCUT2D eigenvalue weighted by Crippen LogP contribution is -2.25. The number of carbonyl (C=O) groups is 1. The SMILES string of the molecule is CCOC(=O)c1cn(CC2CCOCC2)cc(-c2ccc(OC)c(F)c2)c1=O. The summed E-state index contributed by atoms with van der Waals surface area (Å²) in [5.41, 5.74) is 0.100. The Balaban J connectivity index is 2.05. The molecule has 2 aromatic rings. The van der Waals surface area contributed by atoms with Crippen molar-refractivity contribution in [2.75, 3.05) is 26.9 Å². The molecule has 1 aromatic heterocycles. The lowest BCUT2D eigenvalue weighted by atomic mass is 9.99. The van der Waals surface area contributed by atoms with Gasteiger partial charge in [0.25, 0.3) is 0 Å². The van der Waals surface area contributed by atoms with Gasteiger partial charge in [-0.15, -0.1) is 0 Å². The van der Waals surface area contributed by atoms with Gasteiger partial charge in [0.15, 0.2) is 11.6 Å². The van der Waals surface area contributed by atoms with Crippen LogP contribution in [0.3, 0.4) is 0 Å². The zero-order chi connectivity index (χ0) is 20.1. The highest BCUT2D eigenvalue weighted by Gasteiger charge is 2.20. The van der Waals surface area contributed by atoms with E-state index in [0.717, 1.165) is 12.8 Å². The zero-order valence-electron chi connectivity index (χ0n) is 16.1. The summed E-state index contributed by atoms with van der Waals surface area (Å²) in [5, 5.41) is 0. The predicted molar refractivity (Wildman–Crippen MR) is 102 cm³/mol. The molecule has 0 N–H and O–H groups in total. The number of nitrogens with zero attached hydrogens (tertiary/aromatic N) is 1. The Morgan fingerprint density at radius 3 is 2.68 bits per heavy atom. The first-order valence-electron chi connectivity index (χ1n) is 9.36. The molecule has 0 saturated carbocycles. The summed E-state index contributed by atoms with van der Waals surface area (Å²) in [6.07, 6.45) is 5.02. The normalized spacial score (nSPS) is 14.7. The molecule has 28 heavy (non-hydrogen) atoms. The summed E-state index contributed by atoms with van der Waals surface area (Å²) >= 11 is 0. The average molecular weight is 389 g/mol. The van der Waals surface area contributed by atoms with Crippen LogP contribution in [0.2, 0.25) is 0 Å². The second kappa shape index (κ2) is 9.01. The van der Waals surface area contributed by atoms with Crippen molar-refractivity contribution in [1.82, 2.24) is 4.57 Å². The van der Waals surface area contributed by atoms with Gasteiger partial charge in [-0.25, -0.2) is 9.18 Å². The van der Waals surface area contributed by atoms with Gasteiger partial charge in [-0.1, -0.05) is 6.07 Å². The van der Waals surface area contributed by atoms with Crippen LogP contribution in [-0.4, -0.2) is 37.5 Å². The molecule has 1 aliphatic heterocycles. The molecule has 0 spiro atoms. The van der Waals surface area contributed by atoms with Gasteiger partial charge in [-0.2, -0.15) is 0 Å². The first-order valence-corrected chi connectivity index (χ1v) is 9.36. The summed E-state index contributed by atoms with van der Waals surface area (Å²) in [5.74, 6) is -0.777. The van der Waals surface area contributed by atoms with Crippen molar-refractivity contribution in [2.45, 2.75) is 26.3 Å². The molecule has 7 heteroatoms. The molecule has 0 amide bonds. The summed E-state index contributed by atoms with van der Waals surface area (Å²) in [4.78, 5) is 25.2. The fourth-order valence-electron chi connectivity index (χ4n) is 3.36. The van der Waals surface area contributed by atoms with Crippen LogP contribution in [0.25, 0.3) is 11.1 Å². The van der Waals surface area contributed by atoms with Gasteiger partial charge in [0.1, 0.15) is 5.56 Å². The van der Waals surface area contributed by atoms with Crippen molar-refractivity contribution in [3.8, 4) is 16.9 Å². The number of pyridine rings is 1. The predicted octanol–water partition coefficient (Wildman–Crippen LogP) is 3.27. The summed E-state index contributed by atoms with van der Waals surface area (Å²) in [7, 11) is 1.38. The van der Waals surface area contributed by atoms with Crippen LogP contribution in [0.15, 0.2) is 35.4 Å². The maximum Gasteiger partial charge on any atom is 0.343 e. The highest BCUT2D eigenvalue weighted by Crippen LogP contribution is 2.25. The van der Waals surface area contributed by atoms with Gasteiger partial charge in [-0.3, -0.25) is 4.79 Å². The number of esters is 1. The fraction of sp³-hybridized carbons (Fsp3) is 0.429. The van der Waals surface area contributed by atoms with E-state index in [1.54, 1.807) is 19.2 Å². The Kier molecular flexibility index (Phi) is 6.46. The molecular formula is C21H24FNO5. The van der Waals surface area contributed by atoms with E-state index in [-0.39, 0.29) is 23.5 Å². The summed E-state index contributed by atoms with van der Waals surface area (Å²) < 4.78 is 31.4. The zero-order valence-corrected chi connectivity index (χ0v) is 16.1. The minimum Gasteiger partial charge on any atom is -0.494 e. The number of carbonyl (C=O) groups excluding carboxylic acids is 1. The van der Waals surface area contributed by atoms with E-state index < -0.39 is 17.2 Å². The van der Waals surface area contributed by atoms with Crippen LogP contribution in [0.4, 0.5) is 4.39 Å². The van der Waals surface area contributed by atoms with E-state index in [4.69, 9.17) is 14.2 Å². The van der Waals surface area contributed by atoms with Gasteiger partial charge in [0.2, 0.25) is 5.43 Å². The molecule has 150 valence electrons. The molecule has 6 nitrogen and oxygen atoms in total. The third-order valence-electron chi connectivity index (χ3n) is 4.85. The number of rotatable bonds is 6. The molecule has 1 aromatic carbocycles. The van der Waals surface area contributed by atoms with Gasteiger partial charge in [0, 0.05) is 37.7 Å². The average Bonchev–Trinajstić information content (AvgIpc) is 2.70. The molecule has 1 saturated heterocycles. The van der Waals surface area contributed by atoms with Gasteiger partial charge in [0.05, 0.1) is 13.7 Å². The molecule has 0 radical (unpaired) electrons. The number of halogens is 1. The van der Waals surface area contributed by atoms with E-state index in [1.165, 1.54) is 25.4 Å². The van der Waals surface area contributed by atoms with E-state index in [0.29, 0.717) is 31.2 Å². The van der Waals surface area contributed by atoms with Gasteiger partial charge in [-0.05, 0) is 43.4 Å². The fourth-order valence-corrected chi connectivity index (χ4v) is 3.36. The first kappa shape index (κ1) is 20.1. The topological polar surface area (TPSA) is 66.8 Å². The van der Waals surface area contributed by atoms with Crippen molar-refractivity contribution in [2.24, 2.45) is 5.92 Å². The van der Waals surface area contributed by atoms with Crippen molar-refractivity contribution in [3.05, 3.63) is 52.2 Å². The Hall–Kier alpha value is -2.67. The minimum atomic E-state index is -0.677. The van der Waals surface area contributed by atoms with E-state index >= 15 is 0 Å². The van der Waals surface area contributed by atoms with E-state index in [1.807, 2.05) is 4.57 Å². The Morgan fingerprint density at radius 1 is 1.29 bits per heavy atom. The monoisotopic (exact) mass is 389 g/mol. The highest BCUT2D eigenvalue weighted by molar-refractivity contribution is 5.90. The van der Waals surface area contributed by atoms with Crippen molar-refractivity contribution in [3.63, 3.8) is 0 Å². The van der Waals surface area contributed by atoms with Gasteiger partial charge >= 0.3 is 5.97 Å². The molecule has 1 fully saturated rings. The first-order chi connectivity index (χ1) is 13.5. The third-order valence-corrected chi connectivity index (χ3v) is 4.85. The van der Waals surface area contributed by atoms with Crippen molar-refractivity contribution in [1.29, 1.82) is 0 Å². The largest absolute Gasteiger partial charge is 0.494 e. The number of hydrogen-bond acceptors (Lipinski definition) is 5. The van der Waals surface area contributed by atoms with E-state index in [9.17, 15) is 14.0 Å². The lowest BCUT2D eigenvalue weighted by Gasteiger charge is -2.23. The van der Waals surface area contributed by atoms with Crippen LogP contribution >= 0.6 is 0 Å². The van der Waals surface area contributed by atoms with Crippen LogP contribution in [-0.2, 0) is 16.0 Å². The van der Waals surface area contributed by atoms with Crippen LogP contribution in [0, 0.1) is 11.7 Å². The lowest BCUT2D eigenvalue weighted by molar-refractivity contribution is 0.0520. The van der Waals surface area contributed by atoms with Crippen molar-refractivity contribution < 1.29 is 23.4 Å². The molecule has 0 aliphatic carbocycles. The van der Waals surface area contributed by atoms with Crippen LogP contribution in [0.5, 0.6) is 5.75 Å². The second-order valence-corrected chi connectivity index (χ2v) is 6.74. The van der Waals surface area contributed by atoms with E-state index in [2.05, 4.69) is 0 Å². The quantitative estimate of drug-likeness (QED) is 0.710. The molecule has 2 heterocycles. The molecule has 3 rings (SSSR count). The minimum absolute atomic E-state index is 0.0531. The summed E-state index contributed by atoms with van der Waals surface area (Å²) in [6.45, 7) is 3.89. The molecule has 0 atom stereocenters. The second-order valence-electron chi connectivity index (χ2n) is 6.74. The van der Waals surface area contributed by atoms with Crippen LogP contribution < -0.4 is 10.2 Å². The molecular weight excluding hydrogens is 365 g/mol. The molecule has 1 aliphatic rings. The number of ether oxygens (including phenoxy) is 3. The van der Waals surface area contributed by atoms with Gasteiger partial charge < -0.3 is 18.8 Å². The Morgan fingerprint density at radius 2 is 2.04 bits per heavy atom. The number of hydrogen-bond donors (Lipinski definition) is 0. The molecule has 0 bridgehead atoms.